The molecule has 32 nitrogen and oxygen atoms in total. The lowest BCUT2D eigenvalue weighted by Crippen LogP contribution is -2.61. The van der Waals surface area contributed by atoms with Gasteiger partial charge >= 0.3 is 48.3 Å². The average Bonchev–Trinajstić information content (AvgIpc) is 1.26. The van der Waals surface area contributed by atoms with Gasteiger partial charge in [0.25, 0.3) is 0 Å². The highest BCUT2D eigenvalue weighted by Gasteiger charge is 2.46. The number of carboxylic acids is 1. The number of rotatable bonds is 25. The third-order valence-corrected chi connectivity index (χ3v) is 22.4. The number of hydrogen-bond donors (Lipinski definition) is 2. The zero-order valence-corrected chi connectivity index (χ0v) is 81.3. The first-order valence-electron chi connectivity index (χ1n) is 42.3. The van der Waals surface area contributed by atoms with Crippen LogP contribution in [-0.2, 0) is 76.3 Å². The van der Waals surface area contributed by atoms with Gasteiger partial charge in [0.1, 0.15) is 40.5 Å². The molecule has 8 rings (SSSR count). The second kappa shape index (κ2) is 48.6. The Morgan fingerprint density at radius 2 is 0.730 bits per heavy atom. The number of amides is 7. The lowest BCUT2D eigenvalue weighted by atomic mass is 9.89. The number of esters is 3. The molecule has 0 aromatic heterocycles. The fourth-order valence-corrected chi connectivity index (χ4v) is 14.7. The zero-order valence-electron chi connectivity index (χ0n) is 76.6. The Bertz CT molecular complexity index is 4210. The third kappa shape index (κ3) is 34.6. The molecule has 0 saturated carbocycles. The number of aliphatic carboxylic acids is 1. The van der Waals surface area contributed by atoms with Gasteiger partial charge in [-0.3, -0.25) is 57.7 Å². The van der Waals surface area contributed by atoms with Crippen LogP contribution >= 0.6 is 47.8 Å². The molecule has 0 unspecified atom stereocenters. The number of methoxy groups -OCH3 is 3. The average molecular weight is 1960 g/mol. The van der Waals surface area contributed by atoms with Gasteiger partial charge in [0.2, 0.25) is 17.7 Å². The van der Waals surface area contributed by atoms with Crippen LogP contribution in [0.25, 0.3) is 5.70 Å². The van der Waals surface area contributed by atoms with E-state index in [1.54, 1.807) is 121 Å². The van der Waals surface area contributed by atoms with Crippen molar-refractivity contribution in [3.05, 3.63) is 109 Å². The fraction of sp³-hybridized carbons (Fsp3) is 0.604. The van der Waals surface area contributed by atoms with Crippen LogP contribution in [-0.4, -0.2) is 281 Å². The van der Waals surface area contributed by atoms with Crippen molar-refractivity contribution in [2.75, 3.05) is 99.9 Å². The SMILES string of the molecule is CC(C)(C)OC(=O)N1CCN[C@H](C(=O)O)C1.COC(=O)C[C@H](C(=O)N1CCN(C(=O)OC(C)(C)C)C[C@H]1C(=O)CCC(=O)c1ccc(Br)cc1)C(C)C.COC(=O)C[C@H](C(=O)N1CCN(C(=O)OC(C)(C)C)C[C@H]1C(=O)CCC(=O)c1ccc(Br)cc1)C(C)C.COC(=O)C[C@H](C(=O)N1CCN(C(=O)OC(C)(C)C)C[C@H]1C1=NC(c2ccc(Br)cc2)=CC1)C(C)C. The summed E-state index contributed by atoms with van der Waals surface area (Å²) in [5.41, 5.74) is 1.00. The molecular formula is C91H128Br3N9O23. The van der Waals surface area contributed by atoms with Gasteiger partial charge in [-0.25, -0.2) is 19.2 Å². The summed E-state index contributed by atoms with van der Waals surface area (Å²) >= 11 is 10.1. The highest BCUT2D eigenvalue weighted by molar-refractivity contribution is 9.11. The van der Waals surface area contributed by atoms with Gasteiger partial charge in [-0.2, -0.15) is 0 Å². The predicted octanol–water partition coefficient (Wildman–Crippen LogP) is 13.7. The summed E-state index contributed by atoms with van der Waals surface area (Å²) in [5.74, 6) is -6.52. The van der Waals surface area contributed by atoms with Crippen LogP contribution in [0, 0.1) is 35.5 Å². The number of carbonyl (C=O) groups is 15. The van der Waals surface area contributed by atoms with E-state index in [0.717, 1.165) is 30.4 Å². The van der Waals surface area contributed by atoms with Gasteiger partial charge in [0, 0.05) is 121 Å². The number of nitrogens with zero attached hydrogens (tertiary/aromatic N) is 8. The van der Waals surface area contributed by atoms with E-state index >= 15 is 0 Å². The standard InChI is InChI=1S/C27H36BrN3O5.2C27H37BrN2O7.C10H18N2O4/c1-17(2)20(15-24(32)35-6)25(33)31-14-13-30(26(34)36-27(3,4)5)16-23(31)22-12-11-21(29-22)18-7-9-19(28)10-8-18;2*1-17(2)20(15-24(33)36-6)25(34)30-14-13-29(26(35)37-27(3,4)5)16-21(30)23(32)12-11-22(31)18-7-9-19(28)10-8-18;1-10(2,3)16-9(15)12-5-4-11-7(6-12)8(13)14/h7-11,17,20,23H,12-16H2,1-6H3;2*7-10,17,20-21H,11-16H2,1-6H3;7,11H,4-6H2,1-3H3,(H,13,14)/t20-,23-;2*20-,21-;7-/m0000/s1. The van der Waals surface area contributed by atoms with Crippen LogP contribution in [0.5, 0.6) is 0 Å². The lowest BCUT2D eigenvalue weighted by Gasteiger charge is -2.43. The van der Waals surface area contributed by atoms with Crippen LogP contribution in [0.15, 0.2) is 97.3 Å². The van der Waals surface area contributed by atoms with Gasteiger partial charge in [-0.15, -0.1) is 0 Å². The molecule has 3 aromatic rings. The number of carbonyl (C=O) groups excluding carboxylic acids is 14. The van der Waals surface area contributed by atoms with Gasteiger partial charge in [-0.1, -0.05) is 132 Å². The summed E-state index contributed by atoms with van der Waals surface area (Å²) in [7, 11) is 3.85. The molecular weight excluding hydrogens is 1830 g/mol. The van der Waals surface area contributed by atoms with Gasteiger partial charge < -0.3 is 77.9 Å². The minimum Gasteiger partial charge on any atom is -0.480 e. The number of nitrogens with one attached hydrogen (secondary N) is 1. The number of halogens is 3. The second-order valence-corrected chi connectivity index (χ2v) is 39.0. The Kier molecular flexibility index (Phi) is 41.3. The zero-order chi connectivity index (χ0) is 94.8. The van der Waals surface area contributed by atoms with Crippen molar-refractivity contribution in [3.8, 4) is 0 Å². The number of benzene rings is 3. The van der Waals surface area contributed by atoms with Crippen molar-refractivity contribution in [2.24, 2.45) is 40.5 Å². The number of ketones is 4. The Labute approximate surface area is 765 Å². The van der Waals surface area contributed by atoms with E-state index in [9.17, 15) is 71.9 Å². The van der Waals surface area contributed by atoms with Crippen molar-refractivity contribution in [3.63, 3.8) is 0 Å². The first kappa shape index (κ1) is 107. The highest BCUT2D eigenvalue weighted by atomic mass is 79.9. The number of allylic oxidation sites excluding steroid dienone is 1. The van der Waals surface area contributed by atoms with Crippen LogP contribution in [0.1, 0.15) is 202 Å². The smallest absolute Gasteiger partial charge is 0.410 e. The fourth-order valence-electron chi connectivity index (χ4n) is 13.9. The van der Waals surface area contributed by atoms with Gasteiger partial charge in [0.05, 0.1) is 89.7 Å². The minimum absolute atomic E-state index is 0.0148. The van der Waals surface area contributed by atoms with Crippen LogP contribution in [0.4, 0.5) is 19.2 Å². The maximum Gasteiger partial charge on any atom is 0.410 e. The van der Waals surface area contributed by atoms with Gasteiger partial charge in [0.15, 0.2) is 23.1 Å². The Morgan fingerprint density at radius 3 is 1.05 bits per heavy atom. The van der Waals surface area contributed by atoms with E-state index in [1.807, 2.05) is 92.7 Å². The molecule has 0 spiro atoms. The molecule has 4 fully saturated rings. The van der Waals surface area contributed by atoms with E-state index < -0.39 is 113 Å². The minimum atomic E-state index is -0.953. The molecule has 35 heteroatoms. The summed E-state index contributed by atoms with van der Waals surface area (Å²) in [4.78, 5) is 205. The second-order valence-electron chi connectivity index (χ2n) is 36.3. The molecule has 7 atom stereocenters. The van der Waals surface area contributed by atoms with E-state index in [-0.39, 0.29) is 156 Å². The molecule has 2 N–H and O–H groups in total. The number of ether oxygens (including phenoxy) is 7. The van der Waals surface area contributed by atoms with Crippen molar-refractivity contribution in [1.82, 2.24) is 39.6 Å². The summed E-state index contributed by atoms with van der Waals surface area (Å²) in [6, 6.07) is 18.6. The van der Waals surface area contributed by atoms with E-state index in [2.05, 4.69) is 53.1 Å². The van der Waals surface area contributed by atoms with Crippen LogP contribution < -0.4 is 5.32 Å². The van der Waals surface area contributed by atoms with Gasteiger partial charge in [-0.05, 0) is 143 Å². The Balaban J connectivity index is 0.000000308. The van der Waals surface area contributed by atoms with Crippen molar-refractivity contribution >= 4 is 148 Å². The molecule has 5 aliphatic rings. The topological polar surface area (TPSA) is 388 Å². The number of aliphatic imine (C=N–C) groups is 1. The predicted molar refractivity (Wildman–Crippen MR) is 482 cm³/mol. The molecule has 0 radical (unpaired) electrons. The maximum absolute atomic E-state index is 13.8. The lowest BCUT2D eigenvalue weighted by molar-refractivity contribution is -0.152. The summed E-state index contributed by atoms with van der Waals surface area (Å²) in [5, 5.41) is 11.6. The summed E-state index contributed by atoms with van der Waals surface area (Å²) in [6.45, 7) is 35.1. The first-order valence-corrected chi connectivity index (χ1v) is 44.7. The monoisotopic (exact) mass is 1950 g/mol. The molecule has 0 bridgehead atoms. The van der Waals surface area contributed by atoms with E-state index in [4.69, 9.17) is 43.3 Å². The summed E-state index contributed by atoms with van der Waals surface area (Å²) in [6.07, 6.45) is 0.177. The van der Waals surface area contributed by atoms with Crippen LogP contribution in [0.3, 0.4) is 0 Å². The number of carboxylic acid groups (broad SMARTS) is 1. The quantitative estimate of drug-likeness (QED) is 0.0452. The normalized spacial score (nSPS) is 18.1. The van der Waals surface area contributed by atoms with Crippen molar-refractivity contribution < 1.29 is 110 Å². The van der Waals surface area contributed by atoms with E-state index in [1.165, 1.54) is 45.8 Å². The Morgan fingerprint density at radius 1 is 0.421 bits per heavy atom. The largest absolute Gasteiger partial charge is 0.480 e. The maximum atomic E-state index is 13.8. The van der Waals surface area contributed by atoms with Crippen molar-refractivity contribution in [1.29, 1.82) is 0 Å². The number of piperazine rings is 4. The Hall–Kier alpha value is -9.48. The third-order valence-electron chi connectivity index (χ3n) is 20.8. The molecule has 126 heavy (non-hydrogen) atoms. The number of Topliss-reactive ketones (excluding diaryl/α,β-unsaturated/α-hetero) is 4. The number of hydrogen-bond acceptors (Lipinski definition) is 24. The first-order chi connectivity index (χ1) is 58.6. The molecule has 7 amide bonds. The summed E-state index contributed by atoms with van der Waals surface area (Å²) < 4.78 is 38.8. The van der Waals surface area contributed by atoms with Crippen molar-refractivity contribution in [2.45, 2.75) is 223 Å². The van der Waals surface area contributed by atoms with Crippen LogP contribution in [0.2, 0.25) is 0 Å². The molecule has 0 aliphatic carbocycles. The highest BCUT2D eigenvalue weighted by Crippen LogP contribution is 2.33. The molecule has 5 heterocycles. The molecule has 4 saturated heterocycles. The molecule has 5 aliphatic heterocycles. The van der Waals surface area contributed by atoms with E-state index in [0.29, 0.717) is 43.7 Å². The molecule has 696 valence electrons. The molecule has 3 aromatic carbocycles.